The van der Waals surface area contributed by atoms with Crippen LogP contribution in [-0.4, -0.2) is 8.42 Å². The molecule has 0 aliphatic rings. The van der Waals surface area contributed by atoms with Gasteiger partial charge in [0.25, 0.3) is 10.0 Å². The van der Waals surface area contributed by atoms with Gasteiger partial charge in [0.05, 0.1) is 10.6 Å². The number of anilines is 2. The molecule has 0 heterocycles. The van der Waals surface area contributed by atoms with Crippen LogP contribution in [0.25, 0.3) is 0 Å². The molecule has 0 saturated heterocycles. The van der Waals surface area contributed by atoms with Crippen LogP contribution in [0.2, 0.25) is 0 Å². The summed E-state index contributed by atoms with van der Waals surface area (Å²) < 4.78 is 40.8. The summed E-state index contributed by atoms with van der Waals surface area (Å²) >= 11 is 0. The second-order valence-electron chi connectivity index (χ2n) is 4.51. The summed E-state index contributed by atoms with van der Waals surface area (Å²) in [7, 11) is -3.81. The number of para-hydroxylation sites is 1. The van der Waals surface area contributed by atoms with Crippen molar-refractivity contribution in [2.75, 3.05) is 10.5 Å². The van der Waals surface area contributed by atoms with Gasteiger partial charge >= 0.3 is 0 Å². The van der Waals surface area contributed by atoms with E-state index in [1.165, 1.54) is 13.8 Å². The van der Waals surface area contributed by atoms with E-state index in [9.17, 15) is 12.8 Å². The van der Waals surface area contributed by atoms with E-state index in [0.29, 0.717) is 11.3 Å². The highest BCUT2D eigenvalue weighted by Gasteiger charge is 2.22. The molecule has 4 nitrogen and oxygen atoms in total. The minimum absolute atomic E-state index is 0.0141. The quantitative estimate of drug-likeness (QED) is 0.855. The van der Waals surface area contributed by atoms with Crippen molar-refractivity contribution in [3.63, 3.8) is 0 Å². The Bertz CT molecular complexity index is 744. The van der Waals surface area contributed by atoms with Crippen LogP contribution in [0.1, 0.15) is 11.1 Å². The average molecular weight is 294 g/mol. The summed E-state index contributed by atoms with van der Waals surface area (Å²) in [6.07, 6.45) is 0. The number of halogens is 1. The van der Waals surface area contributed by atoms with Crippen molar-refractivity contribution >= 4 is 21.4 Å². The number of benzene rings is 2. The van der Waals surface area contributed by atoms with Crippen molar-refractivity contribution < 1.29 is 12.8 Å². The summed E-state index contributed by atoms with van der Waals surface area (Å²) in [6, 6.07) is 9.61. The molecule has 20 heavy (non-hydrogen) atoms. The third-order valence-electron chi connectivity index (χ3n) is 3.00. The lowest BCUT2D eigenvalue weighted by Crippen LogP contribution is -2.17. The van der Waals surface area contributed by atoms with Crippen molar-refractivity contribution in [2.24, 2.45) is 0 Å². The Kier molecular flexibility index (Phi) is 3.67. The first-order chi connectivity index (χ1) is 9.33. The molecule has 0 radical (unpaired) electrons. The number of sulfonamides is 1. The molecule has 0 atom stereocenters. The van der Waals surface area contributed by atoms with E-state index in [0.717, 1.165) is 6.07 Å². The Labute approximate surface area is 117 Å². The van der Waals surface area contributed by atoms with Crippen LogP contribution < -0.4 is 10.5 Å². The molecule has 2 rings (SSSR count). The number of rotatable bonds is 3. The molecule has 106 valence electrons. The maximum atomic E-state index is 13.5. The van der Waals surface area contributed by atoms with Gasteiger partial charge in [-0.2, -0.15) is 0 Å². The zero-order valence-corrected chi connectivity index (χ0v) is 12.0. The molecule has 3 N–H and O–H groups in total. The third-order valence-corrected chi connectivity index (χ3v) is 4.67. The first-order valence-corrected chi connectivity index (χ1v) is 7.44. The summed E-state index contributed by atoms with van der Waals surface area (Å²) in [5.74, 6) is -0.612. The van der Waals surface area contributed by atoms with Crippen LogP contribution in [0.4, 0.5) is 15.8 Å². The van der Waals surface area contributed by atoms with Gasteiger partial charge in [-0.15, -0.1) is 0 Å². The zero-order valence-electron chi connectivity index (χ0n) is 11.1. The zero-order chi connectivity index (χ0) is 14.9. The number of hydrogen-bond acceptors (Lipinski definition) is 3. The molecule has 0 unspecified atom stereocenters. The van der Waals surface area contributed by atoms with Crippen molar-refractivity contribution in [2.45, 2.75) is 18.7 Å². The molecule has 0 amide bonds. The average Bonchev–Trinajstić information content (AvgIpc) is 2.36. The Morgan fingerprint density at radius 3 is 2.35 bits per heavy atom. The van der Waals surface area contributed by atoms with Crippen LogP contribution >= 0.6 is 0 Å². The van der Waals surface area contributed by atoms with E-state index in [1.807, 2.05) is 0 Å². The minimum atomic E-state index is -3.81. The van der Waals surface area contributed by atoms with Crippen LogP contribution in [0.5, 0.6) is 0 Å². The standard InChI is InChI=1S/C14H15FN2O2S/c1-9-8-12(15)13(16)10(2)14(9)20(18,19)17-11-6-4-3-5-7-11/h3-8,17H,16H2,1-2H3. The van der Waals surface area contributed by atoms with Crippen LogP contribution in [-0.2, 0) is 10.0 Å². The highest BCUT2D eigenvalue weighted by molar-refractivity contribution is 7.92. The van der Waals surface area contributed by atoms with Crippen molar-refractivity contribution in [1.29, 1.82) is 0 Å². The molecule has 6 heteroatoms. The van der Waals surface area contributed by atoms with Crippen LogP contribution in [0.15, 0.2) is 41.3 Å². The molecular weight excluding hydrogens is 279 g/mol. The van der Waals surface area contributed by atoms with E-state index in [4.69, 9.17) is 5.73 Å². The first-order valence-electron chi connectivity index (χ1n) is 5.96. The topological polar surface area (TPSA) is 72.2 Å². The number of nitrogens with two attached hydrogens (primary N) is 1. The summed E-state index contributed by atoms with van der Waals surface area (Å²) in [5, 5.41) is 0. The monoisotopic (exact) mass is 294 g/mol. The second-order valence-corrected chi connectivity index (χ2v) is 6.13. The van der Waals surface area contributed by atoms with E-state index in [-0.39, 0.29) is 16.1 Å². The molecule has 0 aromatic heterocycles. The van der Waals surface area contributed by atoms with Crippen LogP contribution in [0, 0.1) is 19.7 Å². The molecule has 0 aliphatic heterocycles. The largest absolute Gasteiger partial charge is 0.396 e. The predicted octanol–water partition coefficient (Wildman–Crippen LogP) is 2.83. The highest BCUT2D eigenvalue weighted by atomic mass is 32.2. The van der Waals surface area contributed by atoms with Crippen molar-refractivity contribution in [3.05, 3.63) is 53.3 Å². The maximum absolute atomic E-state index is 13.5. The Hall–Kier alpha value is -2.08. The van der Waals surface area contributed by atoms with Gasteiger partial charge < -0.3 is 5.73 Å². The van der Waals surface area contributed by atoms with Crippen molar-refractivity contribution in [1.82, 2.24) is 0 Å². The molecular formula is C14H15FN2O2S. The number of hydrogen-bond donors (Lipinski definition) is 2. The fourth-order valence-electron chi connectivity index (χ4n) is 2.06. The smallest absolute Gasteiger partial charge is 0.262 e. The third kappa shape index (κ3) is 2.60. The molecule has 0 fully saturated rings. The second kappa shape index (κ2) is 5.13. The van der Waals surface area contributed by atoms with E-state index in [2.05, 4.69) is 4.72 Å². The minimum Gasteiger partial charge on any atom is -0.396 e. The first kappa shape index (κ1) is 14.3. The molecule has 2 aromatic carbocycles. The fraction of sp³-hybridized carbons (Fsp3) is 0.143. The Morgan fingerprint density at radius 2 is 1.75 bits per heavy atom. The lowest BCUT2D eigenvalue weighted by atomic mass is 10.1. The molecule has 2 aromatic rings. The van der Waals surface area contributed by atoms with E-state index in [1.54, 1.807) is 30.3 Å². The van der Waals surface area contributed by atoms with E-state index >= 15 is 0 Å². The molecule has 0 aliphatic carbocycles. The highest BCUT2D eigenvalue weighted by Crippen LogP contribution is 2.28. The number of nitrogen functional groups attached to an aromatic ring is 1. The Morgan fingerprint density at radius 1 is 1.15 bits per heavy atom. The summed E-state index contributed by atoms with van der Waals surface area (Å²) in [5.41, 5.74) is 6.40. The lowest BCUT2D eigenvalue weighted by Gasteiger charge is -2.15. The number of aryl methyl sites for hydroxylation is 1. The van der Waals surface area contributed by atoms with Gasteiger partial charge in [0.1, 0.15) is 5.82 Å². The van der Waals surface area contributed by atoms with Crippen LogP contribution in [0.3, 0.4) is 0 Å². The maximum Gasteiger partial charge on any atom is 0.262 e. The van der Waals surface area contributed by atoms with Gasteiger partial charge in [0.2, 0.25) is 0 Å². The van der Waals surface area contributed by atoms with Gasteiger partial charge in [-0.25, -0.2) is 12.8 Å². The normalized spacial score (nSPS) is 11.3. The molecule has 0 spiro atoms. The van der Waals surface area contributed by atoms with Gasteiger partial charge in [-0.05, 0) is 43.2 Å². The SMILES string of the molecule is Cc1cc(F)c(N)c(C)c1S(=O)(=O)Nc1ccccc1. The Balaban J connectivity index is 2.53. The lowest BCUT2D eigenvalue weighted by molar-refractivity contribution is 0.598. The predicted molar refractivity (Wildman–Crippen MR) is 77.5 cm³/mol. The van der Waals surface area contributed by atoms with Gasteiger partial charge in [0, 0.05) is 5.69 Å². The van der Waals surface area contributed by atoms with E-state index < -0.39 is 15.8 Å². The molecule has 0 saturated carbocycles. The van der Waals surface area contributed by atoms with Gasteiger partial charge in [0.15, 0.2) is 0 Å². The summed E-state index contributed by atoms with van der Waals surface area (Å²) in [6.45, 7) is 3.03. The summed E-state index contributed by atoms with van der Waals surface area (Å²) in [4.78, 5) is 0.0141. The van der Waals surface area contributed by atoms with Crippen molar-refractivity contribution in [3.8, 4) is 0 Å². The van der Waals surface area contributed by atoms with Gasteiger partial charge in [-0.3, -0.25) is 4.72 Å². The fourth-order valence-corrected chi connectivity index (χ4v) is 3.60. The van der Waals surface area contributed by atoms with Gasteiger partial charge in [-0.1, -0.05) is 18.2 Å². The molecule has 0 bridgehead atoms. The number of nitrogens with one attached hydrogen (secondary N) is 1.